The van der Waals surface area contributed by atoms with Gasteiger partial charge in [0.15, 0.2) is 5.78 Å². The van der Waals surface area contributed by atoms with Crippen LogP contribution in [-0.2, 0) is 0 Å². The van der Waals surface area contributed by atoms with Crippen molar-refractivity contribution in [2.24, 2.45) is 0 Å². The monoisotopic (exact) mass is 248 g/mol. The number of benzene rings is 1. The molecule has 2 rings (SSSR count). The van der Waals surface area contributed by atoms with E-state index in [4.69, 9.17) is 0 Å². The number of halogens is 1. The summed E-state index contributed by atoms with van der Waals surface area (Å²) in [5.74, 6) is -0.588. The molecule has 0 bridgehead atoms. The van der Waals surface area contributed by atoms with Crippen LogP contribution < -0.4 is 0 Å². The van der Waals surface area contributed by atoms with E-state index in [0.717, 1.165) is 0 Å². The average molecular weight is 248 g/mol. The molecule has 0 atom stereocenters. The maximum Gasteiger partial charge on any atom is 0.161 e. The van der Waals surface area contributed by atoms with Gasteiger partial charge in [0.25, 0.3) is 0 Å². The van der Waals surface area contributed by atoms with E-state index in [1.807, 2.05) is 0 Å². The Kier molecular flexibility index (Phi) is 3.49. The Morgan fingerprint density at radius 2 is 2.18 bits per heavy atom. The van der Waals surface area contributed by atoms with Crippen molar-refractivity contribution in [2.75, 3.05) is 0 Å². The molecule has 0 fully saturated rings. The molecular weight excluding hydrogens is 239 g/mol. The van der Waals surface area contributed by atoms with Crippen molar-refractivity contribution < 1.29 is 9.18 Å². The molecule has 0 saturated carbocycles. The minimum atomic E-state index is -0.418. The zero-order chi connectivity index (χ0) is 12.3. The van der Waals surface area contributed by atoms with E-state index in [1.54, 1.807) is 24.7 Å². The van der Waals surface area contributed by atoms with Gasteiger partial charge in [-0.25, -0.2) is 9.37 Å². The van der Waals surface area contributed by atoms with E-state index in [-0.39, 0.29) is 5.78 Å². The fourth-order valence-electron chi connectivity index (χ4n) is 1.32. The minimum absolute atomic E-state index is 0.170. The van der Waals surface area contributed by atoms with Gasteiger partial charge in [0, 0.05) is 22.9 Å². The highest BCUT2D eigenvalue weighted by atomic mass is 32.2. The summed E-state index contributed by atoms with van der Waals surface area (Å²) in [6.07, 6.45) is 4.73. The molecule has 86 valence electrons. The van der Waals surface area contributed by atoms with Crippen LogP contribution in [0.25, 0.3) is 0 Å². The highest BCUT2D eigenvalue weighted by molar-refractivity contribution is 7.99. The number of aromatic nitrogens is 2. The van der Waals surface area contributed by atoms with Gasteiger partial charge < -0.3 is 0 Å². The van der Waals surface area contributed by atoms with Crippen LogP contribution >= 0.6 is 11.8 Å². The van der Waals surface area contributed by atoms with Gasteiger partial charge in [-0.1, -0.05) is 11.8 Å². The quantitative estimate of drug-likeness (QED) is 0.783. The van der Waals surface area contributed by atoms with Crippen molar-refractivity contribution in [3.63, 3.8) is 0 Å². The lowest BCUT2D eigenvalue weighted by atomic mass is 10.1. The highest BCUT2D eigenvalue weighted by Gasteiger charge is 2.10. The molecule has 2 aromatic rings. The number of hydrogen-bond acceptors (Lipinski definition) is 4. The maximum absolute atomic E-state index is 13.1. The number of carbonyl (C=O) groups is 1. The third-order valence-corrected chi connectivity index (χ3v) is 3.07. The Morgan fingerprint density at radius 3 is 2.82 bits per heavy atom. The van der Waals surface area contributed by atoms with Gasteiger partial charge in [-0.05, 0) is 25.1 Å². The molecule has 1 heterocycles. The lowest BCUT2D eigenvalue weighted by molar-refractivity contribution is 0.101. The zero-order valence-electron chi connectivity index (χ0n) is 9.05. The van der Waals surface area contributed by atoms with E-state index in [0.29, 0.717) is 15.5 Å². The van der Waals surface area contributed by atoms with E-state index in [9.17, 15) is 9.18 Å². The highest BCUT2D eigenvalue weighted by Crippen LogP contribution is 2.29. The lowest BCUT2D eigenvalue weighted by Crippen LogP contribution is -1.96. The topological polar surface area (TPSA) is 42.9 Å². The summed E-state index contributed by atoms with van der Waals surface area (Å²) < 4.78 is 13.1. The largest absolute Gasteiger partial charge is 0.294 e. The summed E-state index contributed by atoms with van der Waals surface area (Å²) in [5, 5.41) is 0.668. The first-order chi connectivity index (χ1) is 8.16. The third kappa shape index (κ3) is 2.88. The number of carbonyl (C=O) groups excluding carboxylic acids is 1. The maximum atomic E-state index is 13.1. The molecule has 3 nitrogen and oxygen atoms in total. The van der Waals surface area contributed by atoms with Crippen LogP contribution in [0.3, 0.4) is 0 Å². The van der Waals surface area contributed by atoms with Crippen molar-refractivity contribution in [1.29, 1.82) is 0 Å². The lowest BCUT2D eigenvalue weighted by Gasteiger charge is -2.05. The van der Waals surface area contributed by atoms with Crippen LogP contribution in [0, 0.1) is 5.82 Å². The standard InChI is InChI=1S/C12H9FN2OS/c1-8(16)10-6-9(13)2-3-11(10)17-12-7-14-4-5-15-12/h2-7H,1H3. The van der Waals surface area contributed by atoms with E-state index >= 15 is 0 Å². The van der Waals surface area contributed by atoms with Crippen LogP contribution in [-0.4, -0.2) is 15.8 Å². The van der Waals surface area contributed by atoms with Gasteiger partial charge in [0.1, 0.15) is 10.8 Å². The fraction of sp³-hybridized carbons (Fsp3) is 0.0833. The Hall–Kier alpha value is -1.75. The molecule has 0 unspecified atom stereocenters. The molecule has 0 radical (unpaired) electrons. The van der Waals surface area contributed by atoms with Crippen LogP contribution in [0.5, 0.6) is 0 Å². The second-order valence-corrected chi connectivity index (χ2v) is 4.40. The molecule has 0 aliphatic carbocycles. The SMILES string of the molecule is CC(=O)c1cc(F)ccc1Sc1cnccn1. The van der Waals surface area contributed by atoms with E-state index in [2.05, 4.69) is 9.97 Å². The molecule has 0 saturated heterocycles. The first-order valence-electron chi connectivity index (χ1n) is 4.91. The second kappa shape index (κ2) is 5.05. The minimum Gasteiger partial charge on any atom is -0.294 e. The molecule has 0 spiro atoms. The molecule has 0 aliphatic heterocycles. The number of rotatable bonds is 3. The Bertz CT molecular complexity index is 545. The van der Waals surface area contributed by atoms with Gasteiger partial charge in [-0.2, -0.15) is 0 Å². The first kappa shape index (κ1) is 11.7. The van der Waals surface area contributed by atoms with Gasteiger partial charge in [-0.15, -0.1) is 0 Å². The molecule has 0 amide bonds. The smallest absolute Gasteiger partial charge is 0.161 e. The molecule has 0 aliphatic rings. The Balaban J connectivity index is 2.36. The number of Topliss-reactive ketones (excluding diaryl/α,β-unsaturated/α-hetero) is 1. The number of ketones is 1. The van der Waals surface area contributed by atoms with E-state index < -0.39 is 5.82 Å². The van der Waals surface area contributed by atoms with Gasteiger partial charge in [0.2, 0.25) is 0 Å². The normalized spacial score (nSPS) is 10.2. The van der Waals surface area contributed by atoms with Gasteiger partial charge >= 0.3 is 0 Å². The summed E-state index contributed by atoms with van der Waals surface area (Å²) >= 11 is 1.29. The summed E-state index contributed by atoms with van der Waals surface area (Å²) in [6.45, 7) is 1.41. The Labute approximate surface area is 102 Å². The predicted octanol–water partition coefficient (Wildman–Crippen LogP) is 2.97. The summed E-state index contributed by atoms with van der Waals surface area (Å²) in [4.78, 5) is 20.1. The second-order valence-electron chi connectivity index (χ2n) is 3.34. The fourth-order valence-corrected chi connectivity index (χ4v) is 2.22. The molecule has 5 heteroatoms. The van der Waals surface area contributed by atoms with Gasteiger partial charge in [0.05, 0.1) is 6.20 Å². The molecule has 1 aromatic carbocycles. The van der Waals surface area contributed by atoms with Crippen molar-refractivity contribution in [2.45, 2.75) is 16.8 Å². The molecule has 17 heavy (non-hydrogen) atoms. The van der Waals surface area contributed by atoms with Crippen LogP contribution in [0.2, 0.25) is 0 Å². The number of nitrogens with zero attached hydrogens (tertiary/aromatic N) is 2. The first-order valence-corrected chi connectivity index (χ1v) is 5.73. The summed E-state index contributed by atoms with van der Waals surface area (Å²) in [7, 11) is 0. The van der Waals surface area contributed by atoms with Crippen LogP contribution in [0.15, 0.2) is 46.7 Å². The zero-order valence-corrected chi connectivity index (χ0v) is 9.87. The molecular formula is C12H9FN2OS. The van der Waals surface area contributed by atoms with Crippen molar-refractivity contribution in [3.05, 3.63) is 48.2 Å². The van der Waals surface area contributed by atoms with E-state index in [1.165, 1.54) is 30.8 Å². The molecule has 1 aromatic heterocycles. The number of hydrogen-bond donors (Lipinski definition) is 0. The summed E-state index contributed by atoms with van der Waals surface area (Å²) in [5.41, 5.74) is 0.362. The Morgan fingerprint density at radius 1 is 1.35 bits per heavy atom. The van der Waals surface area contributed by atoms with Crippen molar-refractivity contribution >= 4 is 17.5 Å². The predicted molar refractivity (Wildman–Crippen MR) is 62.6 cm³/mol. The average Bonchev–Trinajstić information content (AvgIpc) is 2.32. The van der Waals surface area contributed by atoms with Crippen molar-refractivity contribution in [3.8, 4) is 0 Å². The van der Waals surface area contributed by atoms with Crippen LogP contribution in [0.1, 0.15) is 17.3 Å². The van der Waals surface area contributed by atoms with Crippen molar-refractivity contribution in [1.82, 2.24) is 9.97 Å². The molecule has 0 N–H and O–H groups in total. The third-order valence-electron chi connectivity index (χ3n) is 2.07. The summed E-state index contributed by atoms with van der Waals surface area (Å²) in [6, 6.07) is 4.14. The van der Waals surface area contributed by atoms with Crippen LogP contribution in [0.4, 0.5) is 4.39 Å². The van der Waals surface area contributed by atoms with Gasteiger partial charge in [-0.3, -0.25) is 9.78 Å².